The molecule has 12 heavy (non-hydrogen) atoms. The maximum Gasteiger partial charge on any atom is 0.388 e. The fraction of sp³-hybridized carbons (Fsp3) is 0.571. The van der Waals surface area contributed by atoms with E-state index in [2.05, 4.69) is 9.84 Å². The molecule has 0 unspecified atom stereocenters. The second-order valence-electron chi connectivity index (χ2n) is 2.37. The normalized spacial score (nSPS) is 10.8. The summed E-state index contributed by atoms with van der Waals surface area (Å²) in [5.41, 5.74) is 0.692. The molecule has 1 aromatic rings. The van der Waals surface area contributed by atoms with Gasteiger partial charge in [0.1, 0.15) is 0 Å². The zero-order valence-electron chi connectivity index (χ0n) is 6.92. The number of halogens is 2. The van der Waals surface area contributed by atoms with Gasteiger partial charge in [-0.2, -0.15) is 8.78 Å². The maximum atomic E-state index is 11.8. The largest absolute Gasteiger partial charge is 0.415 e. The van der Waals surface area contributed by atoms with Crippen molar-refractivity contribution in [3.8, 4) is 5.88 Å². The lowest BCUT2D eigenvalue weighted by Crippen LogP contribution is -2.04. The van der Waals surface area contributed by atoms with Gasteiger partial charge >= 0.3 is 6.61 Å². The summed E-state index contributed by atoms with van der Waals surface area (Å²) in [4.78, 5) is 0. The summed E-state index contributed by atoms with van der Waals surface area (Å²) in [7, 11) is 1.66. The highest BCUT2D eigenvalue weighted by Crippen LogP contribution is 2.17. The third kappa shape index (κ3) is 1.93. The number of aromatic nitrogens is 2. The smallest absolute Gasteiger partial charge is 0.388 e. The van der Waals surface area contributed by atoms with E-state index in [9.17, 15) is 8.78 Å². The summed E-state index contributed by atoms with van der Waals surface area (Å²) < 4.78 is 29.2. The minimum Gasteiger partial charge on any atom is -0.415 e. The number of aryl methyl sites for hydroxylation is 2. The molecule has 0 spiro atoms. The molecule has 0 saturated carbocycles. The van der Waals surface area contributed by atoms with E-state index < -0.39 is 6.61 Å². The summed E-state index contributed by atoms with van der Waals surface area (Å²) in [5.74, 6) is 0.0231. The quantitative estimate of drug-likeness (QED) is 0.699. The van der Waals surface area contributed by atoms with Crippen molar-refractivity contribution in [3.05, 3.63) is 11.8 Å². The van der Waals surface area contributed by atoms with E-state index in [1.165, 1.54) is 4.68 Å². The summed E-state index contributed by atoms with van der Waals surface area (Å²) in [5, 5.41) is 3.74. The topological polar surface area (TPSA) is 27.1 Å². The van der Waals surface area contributed by atoms with E-state index in [0.717, 1.165) is 0 Å². The van der Waals surface area contributed by atoms with Crippen molar-refractivity contribution in [2.75, 3.05) is 0 Å². The third-order valence-corrected chi connectivity index (χ3v) is 1.45. The molecule has 68 valence electrons. The van der Waals surface area contributed by atoms with Crippen LogP contribution >= 0.6 is 0 Å². The van der Waals surface area contributed by atoms with E-state index in [-0.39, 0.29) is 5.88 Å². The van der Waals surface area contributed by atoms with Crippen LogP contribution in [0, 0.1) is 0 Å². The molecule has 5 heteroatoms. The van der Waals surface area contributed by atoms with Crippen molar-refractivity contribution < 1.29 is 13.5 Å². The lowest BCUT2D eigenvalue weighted by molar-refractivity contribution is -0.0536. The Morgan fingerprint density at radius 3 is 2.83 bits per heavy atom. The molecule has 0 bridgehead atoms. The first-order chi connectivity index (χ1) is 5.63. The Labute approximate surface area is 68.9 Å². The van der Waals surface area contributed by atoms with Crippen molar-refractivity contribution in [1.82, 2.24) is 9.78 Å². The van der Waals surface area contributed by atoms with Crippen LogP contribution < -0.4 is 4.74 Å². The standard InChI is InChI=1S/C7H10F2N2O/c1-3-5-4-11(2)10-6(5)12-7(8)9/h4,7H,3H2,1-2H3. The zero-order valence-corrected chi connectivity index (χ0v) is 6.92. The number of rotatable bonds is 3. The molecular formula is C7H10F2N2O. The highest BCUT2D eigenvalue weighted by atomic mass is 19.3. The lowest BCUT2D eigenvalue weighted by atomic mass is 10.3. The van der Waals surface area contributed by atoms with E-state index in [1.807, 2.05) is 6.92 Å². The summed E-state index contributed by atoms with van der Waals surface area (Å²) in [6.45, 7) is -0.944. The molecule has 1 rings (SSSR count). The van der Waals surface area contributed by atoms with Gasteiger partial charge in [-0.25, -0.2) is 0 Å². The SMILES string of the molecule is CCc1cn(C)nc1OC(F)F. The Balaban J connectivity index is 2.81. The molecule has 0 radical (unpaired) electrons. The second kappa shape index (κ2) is 3.51. The first-order valence-electron chi connectivity index (χ1n) is 3.60. The third-order valence-electron chi connectivity index (χ3n) is 1.45. The van der Waals surface area contributed by atoms with E-state index in [4.69, 9.17) is 0 Å². The predicted octanol–water partition coefficient (Wildman–Crippen LogP) is 1.58. The molecular weight excluding hydrogens is 166 g/mol. The van der Waals surface area contributed by atoms with Crippen molar-refractivity contribution >= 4 is 0 Å². The van der Waals surface area contributed by atoms with Gasteiger partial charge in [0.05, 0.1) is 0 Å². The van der Waals surface area contributed by atoms with Gasteiger partial charge in [0.15, 0.2) is 0 Å². The molecule has 1 aromatic heterocycles. The zero-order chi connectivity index (χ0) is 9.14. The molecule has 0 aliphatic carbocycles. The van der Waals surface area contributed by atoms with Crippen LogP contribution in [0.15, 0.2) is 6.20 Å². The molecule has 0 aromatic carbocycles. The maximum absolute atomic E-state index is 11.8. The average molecular weight is 176 g/mol. The van der Waals surface area contributed by atoms with E-state index in [1.54, 1.807) is 13.2 Å². The van der Waals surface area contributed by atoms with Crippen molar-refractivity contribution in [2.24, 2.45) is 7.05 Å². The highest BCUT2D eigenvalue weighted by Gasteiger charge is 2.11. The van der Waals surface area contributed by atoms with Gasteiger partial charge < -0.3 is 4.74 Å². The summed E-state index contributed by atoms with van der Waals surface area (Å²) in [6, 6.07) is 0. The molecule has 0 aliphatic rings. The van der Waals surface area contributed by atoms with Crippen LogP contribution in [0.3, 0.4) is 0 Å². The molecule has 1 heterocycles. The second-order valence-corrected chi connectivity index (χ2v) is 2.37. The fourth-order valence-corrected chi connectivity index (χ4v) is 0.943. The molecule has 0 N–H and O–H groups in total. The van der Waals surface area contributed by atoms with Crippen LogP contribution in [0.25, 0.3) is 0 Å². The summed E-state index contributed by atoms with van der Waals surface area (Å²) in [6.07, 6.45) is 2.30. The van der Waals surface area contributed by atoms with E-state index in [0.29, 0.717) is 12.0 Å². The van der Waals surface area contributed by atoms with Crippen LogP contribution in [0.1, 0.15) is 12.5 Å². The Morgan fingerprint density at radius 1 is 1.67 bits per heavy atom. The van der Waals surface area contributed by atoms with Crippen LogP contribution in [-0.4, -0.2) is 16.4 Å². The van der Waals surface area contributed by atoms with Crippen LogP contribution in [0.5, 0.6) is 5.88 Å². The number of hydrogen-bond donors (Lipinski definition) is 0. The lowest BCUT2D eigenvalue weighted by Gasteiger charge is -2.00. The molecule has 0 fully saturated rings. The molecule has 3 nitrogen and oxygen atoms in total. The first kappa shape index (κ1) is 8.96. The molecule has 0 amide bonds. The van der Waals surface area contributed by atoms with Crippen LogP contribution in [-0.2, 0) is 13.5 Å². The van der Waals surface area contributed by atoms with Gasteiger partial charge in [-0.15, -0.1) is 5.10 Å². The Hall–Kier alpha value is -1.13. The summed E-state index contributed by atoms with van der Waals surface area (Å²) >= 11 is 0. The van der Waals surface area contributed by atoms with E-state index >= 15 is 0 Å². The Bertz CT molecular complexity index is 260. The minimum atomic E-state index is -2.80. The van der Waals surface area contributed by atoms with Crippen molar-refractivity contribution in [3.63, 3.8) is 0 Å². The van der Waals surface area contributed by atoms with Gasteiger partial charge in [0.25, 0.3) is 0 Å². The first-order valence-corrected chi connectivity index (χ1v) is 3.60. The number of alkyl halides is 2. The van der Waals surface area contributed by atoms with Crippen LogP contribution in [0.2, 0.25) is 0 Å². The monoisotopic (exact) mass is 176 g/mol. The number of hydrogen-bond acceptors (Lipinski definition) is 2. The van der Waals surface area contributed by atoms with Gasteiger partial charge in [-0.1, -0.05) is 6.92 Å². The highest BCUT2D eigenvalue weighted by molar-refractivity contribution is 5.22. The van der Waals surface area contributed by atoms with Gasteiger partial charge in [0, 0.05) is 18.8 Å². The van der Waals surface area contributed by atoms with Gasteiger partial charge in [-0.05, 0) is 6.42 Å². The molecule has 0 atom stereocenters. The number of ether oxygens (including phenoxy) is 1. The van der Waals surface area contributed by atoms with Crippen molar-refractivity contribution in [1.29, 1.82) is 0 Å². The van der Waals surface area contributed by atoms with Gasteiger partial charge in [-0.3, -0.25) is 4.68 Å². The predicted molar refractivity (Wildman–Crippen MR) is 39.2 cm³/mol. The Kier molecular flexibility index (Phi) is 2.62. The molecule has 0 aliphatic heterocycles. The minimum absolute atomic E-state index is 0.0231. The fourth-order valence-electron chi connectivity index (χ4n) is 0.943. The average Bonchev–Trinajstić information content (AvgIpc) is 2.29. The van der Waals surface area contributed by atoms with Crippen molar-refractivity contribution in [2.45, 2.75) is 20.0 Å². The number of nitrogens with zero attached hydrogens (tertiary/aromatic N) is 2. The molecule has 0 saturated heterocycles. The Morgan fingerprint density at radius 2 is 2.33 bits per heavy atom. The van der Waals surface area contributed by atoms with Gasteiger partial charge in [0.2, 0.25) is 5.88 Å². The van der Waals surface area contributed by atoms with Crippen LogP contribution in [0.4, 0.5) is 8.78 Å².